The van der Waals surface area contributed by atoms with Gasteiger partial charge in [0.15, 0.2) is 0 Å². The Hall–Kier alpha value is -0.540. The van der Waals surface area contributed by atoms with Crippen LogP contribution in [0.15, 0.2) is 34.1 Å². The van der Waals surface area contributed by atoms with Gasteiger partial charge >= 0.3 is 59.1 Å². The van der Waals surface area contributed by atoms with Crippen molar-refractivity contribution < 1.29 is 105 Å². The Morgan fingerprint density at radius 1 is 0.759 bits per heavy atom. The van der Waals surface area contributed by atoms with E-state index in [0.717, 1.165) is 38.5 Å². The van der Waals surface area contributed by atoms with E-state index in [4.69, 9.17) is 9.47 Å². The Morgan fingerprint density at radius 2 is 1.07 bits per heavy atom. The van der Waals surface area contributed by atoms with E-state index in [1.165, 1.54) is 0 Å². The number of benzene rings is 2. The maximum Gasteiger partial charge on any atom is 1.00 e. The number of aromatic hydroxyl groups is 2. The zero-order valence-electron chi connectivity index (χ0n) is 16.0. The summed E-state index contributed by atoms with van der Waals surface area (Å²) >= 11 is 0. The van der Waals surface area contributed by atoms with Gasteiger partial charge in [-0.2, -0.15) is 0 Å². The van der Waals surface area contributed by atoms with Gasteiger partial charge in [0.05, 0.1) is 24.0 Å². The van der Waals surface area contributed by atoms with E-state index in [0.29, 0.717) is 0 Å². The van der Waals surface area contributed by atoms with Gasteiger partial charge in [0, 0.05) is 18.6 Å². The first-order valence-corrected chi connectivity index (χ1v) is 9.91. The Labute approximate surface area is 211 Å². The Morgan fingerprint density at radius 3 is 1.31 bits per heavy atom. The van der Waals surface area contributed by atoms with Crippen LogP contribution in [0.3, 0.4) is 0 Å². The molecule has 0 fully saturated rings. The number of hydrogen-bond donors (Lipinski definition) is 2. The van der Waals surface area contributed by atoms with E-state index in [2.05, 4.69) is 0 Å². The smallest absolute Gasteiger partial charge is 0.744 e. The molecule has 0 heterocycles. The minimum absolute atomic E-state index is 0. The van der Waals surface area contributed by atoms with Crippen LogP contribution >= 0.6 is 0 Å². The van der Waals surface area contributed by atoms with Crippen LogP contribution in [0.4, 0.5) is 0 Å². The van der Waals surface area contributed by atoms with Gasteiger partial charge < -0.3 is 28.8 Å². The van der Waals surface area contributed by atoms with Gasteiger partial charge in [0.2, 0.25) is 0 Å². The molecule has 0 radical (unpaired) electrons. The Kier molecular flexibility index (Phi) is 10.5. The van der Waals surface area contributed by atoms with Crippen molar-refractivity contribution in [3.8, 4) is 23.0 Å². The van der Waals surface area contributed by atoms with Crippen molar-refractivity contribution in [2.45, 2.75) is 16.2 Å². The molecule has 0 aliphatic carbocycles. The van der Waals surface area contributed by atoms with Crippen LogP contribution in [-0.2, 0) is 26.7 Å². The molecule has 0 aromatic heterocycles. The van der Waals surface area contributed by atoms with Gasteiger partial charge in [0.25, 0.3) is 0 Å². The van der Waals surface area contributed by atoms with E-state index in [-0.39, 0.29) is 81.7 Å². The summed E-state index contributed by atoms with van der Waals surface area (Å²) in [4.78, 5) is -1.50. The van der Waals surface area contributed by atoms with Gasteiger partial charge in [-0.05, 0) is 23.3 Å². The van der Waals surface area contributed by atoms with E-state index >= 15 is 0 Å². The molecule has 0 aliphatic heterocycles. The van der Waals surface area contributed by atoms with Gasteiger partial charge in [-0.25, -0.2) is 16.8 Å². The average molecular weight is 464 g/mol. The minimum atomic E-state index is -4.94. The second-order valence-corrected chi connectivity index (χ2v) is 8.04. The maximum atomic E-state index is 11.4. The van der Waals surface area contributed by atoms with Crippen molar-refractivity contribution in [1.82, 2.24) is 0 Å². The molecular formula is C15H14Na2O10S2. The molecule has 2 aromatic carbocycles. The Bertz CT molecular complexity index is 1010. The summed E-state index contributed by atoms with van der Waals surface area (Å²) < 4.78 is 77.7. The van der Waals surface area contributed by atoms with Crippen molar-refractivity contribution in [2.24, 2.45) is 0 Å². The second kappa shape index (κ2) is 10.7. The largest absolute Gasteiger partial charge is 1.00 e. The third kappa shape index (κ3) is 6.72. The fourth-order valence-electron chi connectivity index (χ4n) is 2.38. The molecule has 148 valence electrons. The third-order valence-corrected chi connectivity index (χ3v) is 5.36. The summed E-state index contributed by atoms with van der Waals surface area (Å²) in [6.07, 6.45) is -0.392. The summed E-state index contributed by atoms with van der Waals surface area (Å²) in [6.45, 7) is 0. The predicted octanol–water partition coefficient (Wildman–Crippen LogP) is -5.48. The summed E-state index contributed by atoms with van der Waals surface area (Å²) in [5, 5.41) is 20.1. The molecule has 14 heteroatoms. The number of ether oxygens (including phenoxy) is 2. The van der Waals surface area contributed by atoms with Crippen LogP contribution in [0.5, 0.6) is 23.0 Å². The van der Waals surface area contributed by atoms with E-state index in [9.17, 15) is 36.2 Å². The molecule has 0 bridgehead atoms. The van der Waals surface area contributed by atoms with Crippen LogP contribution in [0.2, 0.25) is 0 Å². The number of methoxy groups -OCH3 is 2. The predicted molar refractivity (Wildman–Crippen MR) is 88.1 cm³/mol. The van der Waals surface area contributed by atoms with Crippen molar-refractivity contribution in [2.75, 3.05) is 14.2 Å². The number of phenols is 2. The summed E-state index contributed by atoms with van der Waals surface area (Å²) in [5.41, 5.74) is -0.250. The monoisotopic (exact) mass is 464 g/mol. The number of rotatable bonds is 6. The first-order chi connectivity index (χ1) is 12.4. The molecule has 0 saturated carbocycles. The second-order valence-electron chi connectivity index (χ2n) is 5.35. The summed E-state index contributed by atoms with van der Waals surface area (Å²) in [6, 6.07) is 3.47. The standard InChI is InChI=1S/C15H16O10S2.2Na/c1-24-12-6-10(16)8(4-14(12)26(18,19)20)3-9-5-15(27(21,22)23)13(25-2)7-11(9)17;;/h4-7,16-17H,3H2,1-2H3,(H,18,19,20)(H,21,22,23);;/q;2*+1/p-2. The fraction of sp³-hybridized carbons (Fsp3) is 0.200. The van der Waals surface area contributed by atoms with Crippen LogP contribution in [0.1, 0.15) is 11.1 Å². The van der Waals surface area contributed by atoms with E-state index < -0.39 is 47.9 Å². The van der Waals surface area contributed by atoms with Crippen molar-refractivity contribution in [3.05, 3.63) is 35.4 Å². The summed E-state index contributed by atoms with van der Waals surface area (Å²) in [5.74, 6) is -1.71. The zero-order chi connectivity index (χ0) is 20.6. The molecular weight excluding hydrogens is 450 g/mol. The first kappa shape index (κ1) is 28.5. The normalized spacial score (nSPS) is 11.2. The molecule has 0 aliphatic rings. The average Bonchev–Trinajstić information content (AvgIpc) is 2.55. The topological polar surface area (TPSA) is 173 Å². The first-order valence-electron chi connectivity index (χ1n) is 7.10. The van der Waals surface area contributed by atoms with Crippen molar-refractivity contribution >= 4 is 20.2 Å². The SMILES string of the molecule is COc1cc(O)c(Cc2cc(S(=O)(=O)[O-])c(OC)cc2O)cc1S(=O)(=O)[O-].[Na+].[Na+]. The molecule has 2 aromatic rings. The Balaban J connectivity index is 0.00000392. The van der Waals surface area contributed by atoms with Gasteiger partial charge in [-0.1, -0.05) is 0 Å². The maximum absolute atomic E-state index is 11.4. The van der Waals surface area contributed by atoms with Crippen molar-refractivity contribution in [3.63, 3.8) is 0 Å². The molecule has 10 nitrogen and oxygen atoms in total. The fourth-order valence-corrected chi connectivity index (χ4v) is 3.73. The van der Waals surface area contributed by atoms with Crippen LogP contribution in [0, 0.1) is 0 Å². The van der Waals surface area contributed by atoms with Crippen LogP contribution in [0.25, 0.3) is 0 Å². The van der Waals surface area contributed by atoms with Crippen LogP contribution in [-0.4, -0.2) is 50.4 Å². The summed E-state index contributed by atoms with van der Waals surface area (Å²) in [7, 11) is -7.69. The quantitative estimate of drug-likeness (QED) is 0.310. The van der Waals surface area contributed by atoms with Gasteiger partial charge in [-0.3, -0.25) is 0 Å². The third-order valence-electron chi connectivity index (χ3n) is 3.65. The minimum Gasteiger partial charge on any atom is -0.744 e. The van der Waals surface area contributed by atoms with E-state index in [1.807, 2.05) is 0 Å². The molecule has 0 atom stereocenters. The molecule has 2 rings (SSSR count). The molecule has 0 amide bonds. The molecule has 0 saturated heterocycles. The van der Waals surface area contributed by atoms with Crippen LogP contribution < -0.4 is 68.6 Å². The molecule has 29 heavy (non-hydrogen) atoms. The molecule has 2 N–H and O–H groups in total. The zero-order valence-corrected chi connectivity index (χ0v) is 21.6. The number of hydrogen-bond acceptors (Lipinski definition) is 10. The van der Waals surface area contributed by atoms with E-state index in [1.54, 1.807) is 0 Å². The molecule has 0 spiro atoms. The van der Waals surface area contributed by atoms with Crippen molar-refractivity contribution in [1.29, 1.82) is 0 Å². The van der Waals surface area contributed by atoms with Gasteiger partial charge in [0.1, 0.15) is 43.2 Å². The molecule has 0 unspecified atom stereocenters. The van der Waals surface area contributed by atoms with Gasteiger partial charge in [-0.15, -0.1) is 0 Å². The number of phenolic OH excluding ortho intramolecular Hbond substituents is 2.